The molecule has 0 saturated heterocycles. The fraction of sp³-hybridized carbons (Fsp3) is 0.833. The highest BCUT2D eigenvalue weighted by Gasteiger charge is 2.42. The second-order valence-electron chi connectivity index (χ2n) is 4.57. The van der Waals surface area contributed by atoms with Crippen LogP contribution in [0, 0.1) is 5.92 Å². The molecule has 88 valence electrons. The van der Waals surface area contributed by atoms with Gasteiger partial charge in [-0.3, -0.25) is 0 Å². The zero-order valence-corrected chi connectivity index (χ0v) is 9.95. The first-order valence-electron chi connectivity index (χ1n) is 5.65. The molecule has 0 amide bonds. The Morgan fingerprint density at radius 2 is 2.20 bits per heavy atom. The van der Waals surface area contributed by atoms with E-state index in [4.69, 9.17) is 9.99 Å². The van der Waals surface area contributed by atoms with Crippen molar-refractivity contribution in [2.45, 2.75) is 51.7 Å². The zero-order valence-electron chi connectivity index (χ0n) is 9.95. The first-order valence-corrected chi connectivity index (χ1v) is 5.65. The first-order chi connectivity index (χ1) is 7.14. The molecule has 0 aromatic rings. The van der Waals surface area contributed by atoms with Gasteiger partial charge in [0.25, 0.3) is 0 Å². The quantitative estimate of drug-likeness (QED) is 0.337. The van der Waals surface area contributed by atoms with Gasteiger partial charge < -0.3 is 4.74 Å². The standard InChI is InChI=1S/C12H22O3/c1-10(2)7-8-11-6-4-5-9-12(11,14-3)15-13/h7,11,13H,4-6,8-9H2,1-3H3/t11-,12-/m0/s1. The lowest BCUT2D eigenvalue weighted by molar-refractivity contribution is -0.421. The number of hydrogen-bond acceptors (Lipinski definition) is 3. The second kappa shape index (κ2) is 5.64. The third-order valence-electron chi connectivity index (χ3n) is 3.26. The Balaban J connectivity index is 2.68. The van der Waals surface area contributed by atoms with E-state index in [-0.39, 0.29) is 5.92 Å². The molecule has 0 aromatic carbocycles. The van der Waals surface area contributed by atoms with Gasteiger partial charge in [-0.15, -0.1) is 0 Å². The van der Waals surface area contributed by atoms with E-state index in [0.29, 0.717) is 0 Å². The maximum absolute atomic E-state index is 9.03. The van der Waals surface area contributed by atoms with Crippen molar-refractivity contribution < 1.29 is 14.9 Å². The van der Waals surface area contributed by atoms with Gasteiger partial charge in [0.15, 0.2) is 0 Å². The Morgan fingerprint density at radius 1 is 1.47 bits per heavy atom. The molecular weight excluding hydrogens is 192 g/mol. The van der Waals surface area contributed by atoms with Gasteiger partial charge in [-0.2, -0.15) is 0 Å². The summed E-state index contributed by atoms with van der Waals surface area (Å²) < 4.78 is 5.37. The minimum absolute atomic E-state index is 0.260. The summed E-state index contributed by atoms with van der Waals surface area (Å²) in [6, 6.07) is 0. The lowest BCUT2D eigenvalue weighted by atomic mass is 9.81. The minimum Gasteiger partial charge on any atom is -0.350 e. The monoisotopic (exact) mass is 214 g/mol. The van der Waals surface area contributed by atoms with Crippen LogP contribution in [-0.4, -0.2) is 18.2 Å². The summed E-state index contributed by atoms with van der Waals surface area (Å²) in [4.78, 5) is 4.62. The highest BCUT2D eigenvalue weighted by atomic mass is 17.1. The van der Waals surface area contributed by atoms with Crippen LogP contribution in [0.1, 0.15) is 46.0 Å². The molecule has 0 unspecified atom stereocenters. The van der Waals surface area contributed by atoms with Crippen LogP contribution in [0.3, 0.4) is 0 Å². The molecule has 3 heteroatoms. The summed E-state index contributed by atoms with van der Waals surface area (Å²) in [5.74, 6) is -0.513. The average molecular weight is 214 g/mol. The maximum Gasteiger partial charge on any atom is 0.204 e. The van der Waals surface area contributed by atoms with E-state index in [1.165, 1.54) is 12.0 Å². The largest absolute Gasteiger partial charge is 0.350 e. The summed E-state index contributed by atoms with van der Waals surface area (Å²) in [5, 5.41) is 9.03. The summed E-state index contributed by atoms with van der Waals surface area (Å²) >= 11 is 0. The normalized spacial score (nSPS) is 31.3. The van der Waals surface area contributed by atoms with E-state index in [2.05, 4.69) is 24.8 Å². The molecule has 1 rings (SSSR count). The predicted molar refractivity (Wildman–Crippen MR) is 59.5 cm³/mol. The van der Waals surface area contributed by atoms with Gasteiger partial charge in [-0.25, -0.2) is 10.1 Å². The molecular formula is C12H22O3. The van der Waals surface area contributed by atoms with Gasteiger partial charge in [0, 0.05) is 19.4 Å². The van der Waals surface area contributed by atoms with Crippen LogP contribution in [0.5, 0.6) is 0 Å². The van der Waals surface area contributed by atoms with E-state index >= 15 is 0 Å². The third-order valence-corrected chi connectivity index (χ3v) is 3.26. The number of ether oxygens (including phenoxy) is 1. The van der Waals surface area contributed by atoms with Crippen LogP contribution >= 0.6 is 0 Å². The first kappa shape index (κ1) is 12.7. The maximum atomic E-state index is 9.03. The van der Waals surface area contributed by atoms with Crippen molar-refractivity contribution in [3.63, 3.8) is 0 Å². The van der Waals surface area contributed by atoms with Gasteiger partial charge in [-0.05, 0) is 33.1 Å². The summed E-state index contributed by atoms with van der Waals surface area (Å²) in [5.41, 5.74) is 1.29. The molecule has 2 atom stereocenters. The highest BCUT2D eigenvalue weighted by Crippen LogP contribution is 2.39. The molecule has 0 aliphatic heterocycles. The van der Waals surface area contributed by atoms with Crippen LogP contribution < -0.4 is 0 Å². The van der Waals surface area contributed by atoms with Crippen LogP contribution in [-0.2, 0) is 9.62 Å². The highest BCUT2D eigenvalue weighted by molar-refractivity contribution is 4.97. The van der Waals surface area contributed by atoms with Gasteiger partial charge in [-0.1, -0.05) is 18.1 Å². The Kier molecular flexibility index (Phi) is 4.77. The Labute approximate surface area is 92.0 Å². The average Bonchev–Trinajstić information content (AvgIpc) is 2.26. The zero-order chi connectivity index (χ0) is 11.3. The fourth-order valence-corrected chi connectivity index (χ4v) is 2.29. The molecule has 1 fully saturated rings. The SMILES string of the molecule is CO[C@]1(OO)CCCC[C@H]1CC=C(C)C. The number of rotatable bonds is 4. The number of allylic oxidation sites excluding steroid dienone is 2. The molecule has 0 aromatic heterocycles. The van der Waals surface area contributed by atoms with Gasteiger partial charge in [0.05, 0.1) is 0 Å². The molecule has 1 aliphatic carbocycles. The molecule has 0 heterocycles. The lowest BCUT2D eigenvalue weighted by Crippen LogP contribution is -2.44. The van der Waals surface area contributed by atoms with Crippen molar-refractivity contribution in [2.75, 3.05) is 7.11 Å². The van der Waals surface area contributed by atoms with Crippen molar-refractivity contribution >= 4 is 0 Å². The number of hydrogen-bond donors (Lipinski definition) is 1. The number of methoxy groups -OCH3 is 1. The predicted octanol–water partition coefficient (Wildman–Crippen LogP) is 3.37. The van der Waals surface area contributed by atoms with E-state index in [0.717, 1.165) is 25.7 Å². The van der Waals surface area contributed by atoms with Crippen molar-refractivity contribution in [1.29, 1.82) is 0 Å². The molecule has 0 bridgehead atoms. The fourth-order valence-electron chi connectivity index (χ4n) is 2.29. The lowest BCUT2D eigenvalue weighted by Gasteiger charge is -2.39. The van der Waals surface area contributed by atoms with Gasteiger partial charge in [0.2, 0.25) is 5.79 Å². The minimum atomic E-state index is -0.774. The van der Waals surface area contributed by atoms with Crippen LogP contribution in [0.4, 0.5) is 0 Å². The van der Waals surface area contributed by atoms with Gasteiger partial charge >= 0.3 is 0 Å². The van der Waals surface area contributed by atoms with Gasteiger partial charge in [0.1, 0.15) is 0 Å². The molecule has 15 heavy (non-hydrogen) atoms. The van der Waals surface area contributed by atoms with Crippen LogP contribution in [0.2, 0.25) is 0 Å². The summed E-state index contributed by atoms with van der Waals surface area (Å²) in [6.45, 7) is 4.16. The van der Waals surface area contributed by atoms with E-state index < -0.39 is 5.79 Å². The molecule has 0 radical (unpaired) electrons. The van der Waals surface area contributed by atoms with Crippen LogP contribution in [0.15, 0.2) is 11.6 Å². The Morgan fingerprint density at radius 3 is 2.73 bits per heavy atom. The smallest absolute Gasteiger partial charge is 0.204 e. The topological polar surface area (TPSA) is 38.7 Å². The summed E-state index contributed by atoms with van der Waals surface area (Å²) in [7, 11) is 1.61. The Bertz CT molecular complexity index is 215. The molecule has 0 spiro atoms. The Hall–Kier alpha value is -0.380. The molecule has 1 saturated carbocycles. The van der Waals surface area contributed by atoms with E-state index in [9.17, 15) is 0 Å². The van der Waals surface area contributed by atoms with E-state index in [1.54, 1.807) is 7.11 Å². The van der Waals surface area contributed by atoms with Crippen molar-refractivity contribution in [3.8, 4) is 0 Å². The third kappa shape index (κ3) is 3.03. The molecule has 1 aliphatic rings. The van der Waals surface area contributed by atoms with Crippen molar-refractivity contribution in [1.82, 2.24) is 0 Å². The second-order valence-corrected chi connectivity index (χ2v) is 4.57. The molecule has 3 nitrogen and oxygen atoms in total. The van der Waals surface area contributed by atoms with Crippen molar-refractivity contribution in [3.05, 3.63) is 11.6 Å². The van der Waals surface area contributed by atoms with Crippen LogP contribution in [0.25, 0.3) is 0 Å². The summed E-state index contributed by atoms with van der Waals surface area (Å²) in [6.07, 6.45) is 7.18. The van der Waals surface area contributed by atoms with E-state index in [1.807, 2.05) is 0 Å². The molecule has 1 N–H and O–H groups in total. The van der Waals surface area contributed by atoms with Crippen molar-refractivity contribution in [2.24, 2.45) is 5.92 Å².